The van der Waals surface area contributed by atoms with Gasteiger partial charge in [-0.3, -0.25) is 0 Å². The predicted octanol–water partition coefficient (Wildman–Crippen LogP) is 2.16. The molecule has 0 amide bonds. The maximum Gasteiger partial charge on any atom is 0.574 e. The molecule has 112 valence electrons. The number of carbonyl (C=O) groups is 1. The van der Waals surface area contributed by atoms with Gasteiger partial charge in [0.25, 0.3) is 6.43 Å². The number of methoxy groups -OCH3 is 1. The molecule has 0 unspecified atom stereocenters. The molecular weight excluding hydrogens is 291 g/mol. The minimum absolute atomic E-state index is 0.290. The number of alkyl halides is 5. The molecule has 0 bridgehead atoms. The summed E-state index contributed by atoms with van der Waals surface area (Å²) in [5, 5.41) is 0. The summed E-state index contributed by atoms with van der Waals surface area (Å²) in [5.74, 6) is -2.54. The summed E-state index contributed by atoms with van der Waals surface area (Å²) < 4.78 is 69.5. The number of hydrogen-bond acceptors (Lipinski definition) is 5. The number of hydrogen-bond donors (Lipinski definition) is 1. The summed E-state index contributed by atoms with van der Waals surface area (Å²) in [6, 6.07) is 0.722. The van der Waals surface area contributed by atoms with Crippen molar-refractivity contribution in [2.75, 3.05) is 7.11 Å². The van der Waals surface area contributed by atoms with Crippen LogP contribution in [0.15, 0.2) is 6.07 Å². The second kappa shape index (κ2) is 5.99. The molecule has 0 saturated carbocycles. The van der Waals surface area contributed by atoms with E-state index in [2.05, 4.69) is 14.5 Å². The van der Waals surface area contributed by atoms with Crippen molar-refractivity contribution in [3.63, 3.8) is 0 Å². The average Bonchev–Trinajstić information content (AvgIpc) is 2.34. The lowest BCUT2D eigenvalue weighted by Crippen LogP contribution is -2.22. The van der Waals surface area contributed by atoms with E-state index in [0.717, 1.165) is 13.2 Å². The van der Waals surface area contributed by atoms with E-state index < -0.39 is 42.4 Å². The van der Waals surface area contributed by atoms with E-state index in [1.54, 1.807) is 0 Å². The van der Waals surface area contributed by atoms with Crippen molar-refractivity contribution in [2.45, 2.75) is 19.3 Å². The fourth-order valence-corrected chi connectivity index (χ4v) is 1.37. The normalized spacial score (nSPS) is 11.6. The van der Waals surface area contributed by atoms with Gasteiger partial charge in [-0.2, -0.15) is 0 Å². The van der Waals surface area contributed by atoms with E-state index in [1.807, 2.05) is 0 Å². The molecule has 0 aliphatic heterocycles. The smallest absolute Gasteiger partial charge is 0.465 e. The Bertz CT molecular complexity index is 504. The lowest BCUT2D eigenvalue weighted by molar-refractivity contribution is -0.276. The molecule has 0 atom stereocenters. The predicted molar refractivity (Wildman–Crippen MR) is 55.1 cm³/mol. The molecule has 1 rings (SSSR count). The fourth-order valence-electron chi connectivity index (χ4n) is 1.37. The van der Waals surface area contributed by atoms with Gasteiger partial charge in [-0.15, -0.1) is 13.2 Å². The molecule has 20 heavy (non-hydrogen) atoms. The topological polar surface area (TPSA) is 74.4 Å². The first-order valence-corrected chi connectivity index (χ1v) is 5.05. The van der Waals surface area contributed by atoms with Crippen molar-refractivity contribution < 1.29 is 36.2 Å². The van der Waals surface area contributed by atoms with E-state index in [1.165, 1.54) is 0 Å². The van der Waals surface area contributed by atoms with Crippen LogP contribution in [0.4, 0.5) is 22.0 Å². The number of halogens is 5. The summed E-state index contributed by atoms with van der Waals surface area (Å²) in [6.07, 6.45) is -8.36. The molecule has 5 nitrogen and oxygen atoms in total. The minimum atomic E-state index is -5.21. The van der Waals surface area contributed by atoms with Crippen molar-refractivity contribution >= 4 is 5.97 Å². The zero-order valence-electron chi connectivity index (χ0n) is 10.0. The van der Waals surface area contributed by atoms with E-state index >= 15 is 0 Å². The molecule has 1 heterocycles. The molecule has 0 spiro atoms. The van der Waals surface area contributed by atoms with Gasteiger partial charge in [0.2, 0.25) is 5.88 Å². The highest BCUT2D eigenvalue weighted by Gasteiger charge is 2.35. The Balaban J connectivity index is 3.48. The third kappa shape index (κ3) is 3.76. The van der Waals surface area contributed by atoms with Gasteiger partial charge in [0.05, 0.1) is 7.11 Å². The molecule has 0 saturated heterocycles. The fraction of sp³-hybridized carbons (Fsp3) is 0.400. The number of nitrogens with zero attached hydrogens (tertiary/aromatic N) is 1. The number of carbonyl (C=O) groups excluding carboxylic acids is 1. The molecule has 0 aromatic carbocycles. The van der Waals surface area contributed by atoms with E-state index in [-0.39, 0.29) is 5.56 Å². The SMILES string of the molecule is COC(=O)c1c(CN)cc(C(F)F)nc1OC(F)(F)F. The van der Waals surface area contributed by atoms with Crippen LogP contribution in [0.3, 0.4) is 0 Å². The molecular formula is C10H9F5N2O3. The molecule has 0 radical (unpaired) electrons. The molecule has 0 aliphatic carbocycles. The third-order valence-electron chi connectivity index (χ3n) is 2.13. The van der Waals surface area contributed by atoms with Crippen LogP contribution in [0.1, 0.15) is 28.0 Å². The zero-order valence-corrected chi connectivity index (χ0v) is 10.0. The first-order chi connectivity index (χ1) is 9.19. The number of aromatic nitrogens is 1. The molecule has 0 aliphatic rings. The minimum Gasteiger partial charge on any atom is -0.465 e. The maximum absolute atomic E-state index is 12.6. The quantitative estimate of drug-likeness (QED) is 0.681. The molecule has 2 N–H and O–H groups in total. The summed E-state index contributed by atoms with van der Waals surface area (Å²) in [5.41, 5.74) is 3.21. The maximum atomic E-state index is 12.6. The van der Waals surface area contributed by atoms with Crippen LogP contribution in [-0.4, -0.2) is 24.4 Å². The van der Waals surface area contributed by atoms with Gasteiger partial charge in [0.1, 0.15) is 11.3 Å². The van der Waals surface area contributed by atoms with Gasteiger partial charge >= 0.3 is 12.3 Å². The van der Waals surface area contributed by atoms with Crippen LogP contribution in [-0.2, 0) is 11.3 Å². The molecule has 1 aromatic heterocycles. The van der Waals surface area contributed by atoms with Crippen LogP contribution < -0.4 is 10.5 Å². The van der Waals surface area contributed by atoms with Gasteiger partial charge in [-0.25, -0.2) is 18.6 Å². The molecule has 10 heteroatoms. The monoisotopic (exact) mass is 300 g/mol. The van der Waals surface area contributed by atoms with Crippen molar-refractivity contribution in [1.82, 2.24) is 4.98 Å². The van der Waals surface area contributed by atoms with Crippen LogP contribution in [0.2, 0.25) is 0 Å². The van der Waals surface area contributed by atoms with Crippen molar-refractivity contribution in [3.8, 4) is 5.88 Å². The Kier molecular flexibility index (Phi) is 4.82. The highest BCUT2D eigenvalue weighted by molar-refractivity contribution is 5.93. The highest BCUT2D eigenvalue weighted by Crippen LogP contribution is 2.30. The van der Waals surface area contributed by atoms with Gasteiger partial charge < -0.3 is 15.2 Å². The summed E-state index contributed by atoms with van der Waals surface area (Å²) in [6.45, 7) is -0.471. The Labute approximate surface area is 109 Å². The van der Waals surface area contributed by atoms with E-state index in [0.29, 0.717) is 0 Å². The Morgan fingerprint density at radius 3 is 2.45 bits per heavy atom. The molecule has 0 fully saturated rings. The van der Waals surface area contributed by atoms with Crippen LogP contribution in [0.5, 0.6) is 5.88 Å². The Morgan fingerprint density at radius 2 is 2.05 bits per heavy atom. The van der Waals surface area contributed by atoms with Crippen LogP contribution in [0, 0.1) is 0 Å². The first kappa shape index (κ1) is 16.1. The summed E-state index contributed by atoms with van der Waals surface area (Å²) in [4.78, 5) is 14.4. The first-order valence-electron chi connectivity index (χ1n) is 5.05. The van der Waals surface area contributed by atoms with Crippen LogP contribution >= 0.6 is 0 Å². The zero-order chi connectivity index (χ0) is 15.5. The van der Waals surface area contributed by atoms with E-state index in [4.69, 9.17) is 5.73 Å². The van der Waals surface area contributed by atoms with Crippen molar-refractivity contribution in [1.29, 1.82) is 0 Å². The van der Waals surface area contributed by atoms with Crippen molar-refractivity contribution in [2.24, 2.45) is 5.73 Å². The Hall–Kier alpha value is -1.97. The standard InChI is InChI=1S/C10H9F5N2O3/c1-19-9(18)6-4(3-16)2-5(7(11)12)17-8(6)20-10(13,14)15/h2,7H,3,16H2,1H3. The van der Waals surface area contributed by atoms with Crippen LogP contribution in [0.25, 0.3) is 0 Å². The third-order valence-corrected chi connectivity index (χ3v) is 2.13. The van der Waals surface area contributed by atoms with E-state index in [9.17, 15) is 26.7 Å². The number of ether oxygens (including phenoxy) is 2. The lowest BCUT2D eigenvalue weighted by atomic mass is 10.1. The molecule has 1 aromatic rings. The summed E-state index contributed by atoms with van der Waals surface area (Å²) >= 11 is 0. The lowest BCUT2D eigenvalue weighted by Gasteiger charge is -2.15. The average molecular weight is 300 g/mol. The van der Waals surface area contributed by atoms with Gasteiger partial charge in [-0.1, -0.05) is 0 Å². The van der Waals surface area contributed by atoms with Gasteiger partial charge in [-0.05, 0) is 11.6 Å². The number of rotatable bonds is 4. The second-order valence-corrected chi connectivity index (χ2v) is 3.43. The van der Waals surface area contributed by atoms with Gasteiger partial charge in [0, 0.05) is 6.54 Å². The number of nitrogens with two attached hydrogens (primary N) is 1. The Morgan fingerprint density at radius 1 is 1.45 bits per heavy atom. The van der Waals surface area contributed by atoms with Gasteiger partial charge in [0.15, 0.2) is 0 Å². The number of pyridine rings is 1. The largest absolute Gasteiger partial charge is 0.574 e. The summed E-state index contributed by atoms with van der Waals surface area (Å²) in [7, 11) is 0.904. The van der Waals surface area contributed by atoms with Crippen molar-refractivity contribution in [3.05, 3.63) is 22.9 Å². The number of esters is 1. The highest BCUT2D eigenvalue weighted by atomic mass is 19.4. The second-order valence-electron chi connectivity index (χ2n) is 3.43.